The largest absolute Gasteiger partial charge is 0.366 e. The van der Waals surface area contributed by atoms with E-state index in [0.717, 1.165) is 35.9 Å². The molecule has 5 aromatic rings. The first-order chi connectivity index (χ1) is 17.3. The summed E-state index contributed by atoms with van der Waals surface area (Å²) in [5.74, 6) is 1.79. The molecule has 0 fully saturated rings. The van der Waals surface area contributed by atoms with Gasteiger partial charge in [-0.15, -0.1) is 0 Å². The van der Waals surface area contributed by atoms with Crippen molar-refractivity contribution in [1.29, 1.82) is 0 Å². The van der Waals surface area contributed by atoms with Gasteiger partial charge in [-0.3, -0.25) is 0 Å². The molecule has 0 spiro atoms. The van der Waals surface area contributed by atoms with E-state index in [9.17, 15) is 0 Å². The minimum absolute atomic E-state index is 0.0579. The summed E-state index contributed by atoms with van der Waals surface area (Å²) in [4.78, 5) is 9.40. The van der Waals surface area contributed by atoms with Crippen LogP contribution in [0.5, 0.6) is 0 Å². The van der Waals surface area contributed by atoms with Crippen LogP contribution >= 0.6 is 0 Å². The molecule has 0 amide bonds. The molecular weight excluding hydrogens is 428 g/mol. The Kier molecular flexibility index (Phi) is 7.10. The molecule has 0 aliphatic rings. The number of nitrogens with zero attached hydrogens (tertiary/aromatic N) is 2. The van der Waals surface area contributed by atoms with Gasteiger partial charge >= 0.3 is 0 Å². The number of hydrogen-bond donors (Lipinski definition) is 2. The lowest BCUT2D eigenvalue weighted by Crippen LogP contribution is -2.07. The van der Waals surface area contributed by atoms with Crippen molar-refractivity contribution in [2.24, 2.45) is 0 Å². The summed E-state index contributed by atoms with van der Waals surface area (Å²) in [5, 5.41) is 6.82. The lowest BCUT2D eigenvalue weighted by molar-refractivity contribution is 0.947. The third kappa shape index (κ3) is 5.92. The second kappa shape index (κ2) is 11.1. The van der Waals surface area contributed by atoms with E-state index in [0.29, 0.717) is 0 Å². The average Bonchev–Trinajstić information content (AvgIpc) is 2.94. The molecule has 4 heteroatoms. The SMILES string of the molecule is c1ccc(CNc2ccc(C(c3ccccc3)c3ccc(NCc4ccccc4)nc3)cn2)cc1. The molecule has 2 heterocycles. The Balaban J connectivity index is 1.33. The van der Waals surface area contributed by atoms with E-state index in [-0.39, 0.29) is 5.92 Å². The number of pyridine rings is 2. The first-order valence-corrected chi connectivity index (χ1v) is 11.9. The van der Waals surface area contributed by atoms with Crippen molar-refractivity contribution in [3.8, 4) is 0 Å². The van der Waals surface area contributed by atoms with Crippen LogP contribution in [0, 0.1) is 0 Å². The highest BCUT2D eigenvalue weighted by atomic mass is 15.0. The van der Waals surface area contributed by atoms with Crippen molar-refractivity contribution in [2.75, 3.05) is 10.6 Å². The zero-order valence-corrected chi connectivity index (χ0v) is 19.5. The fraction of sp³-hybridized carbons (Fsp3) is 0.0968. The average molecular weight is 457 g/mol. The number of hydrogen-bond acceptors (Lipinski definition) is 4. The quantitative estimate of drug-likeness (QED) is 0.254. The molecule has 0 aliphatic carbocycles. The Morgan fingerprint density at radius 3 is 1.29 bits per heavy atom. The van der Waals surface area contributed by atoms with E-state index < -0.39 is 0 Å². The van der Waals surface area contributed by atoms with Crippen LogP contribution in [-0.2, 0) is 13.1 Å². The van der Waals surface area contributed by atoms with E-state index in [1.165, 1.54) is 16.7 Å². The minimum Gasteiger partial charge on any atom is -0.366 e. The Morgan fingerprint density at radius 2 is 0.886 bits per heavy atom. The molecule has 0 aliphatic heterocycles. The molecule has 0 unspecified atom stereocenters. The Hall–Kier alpha value is -4.44. The number of nitrogens with one attached hydrogen (secondary N) is 2. The van der Waals surface area contributed by atoms with Gasteiger partial charge in [-0.2, -0.15) is 0 Å². The van der Waals surface area contributed by atoms with E-state index >= 15 is 0 Å². The van der Waals surface area contributed by atoms with Crippen LogP contribution < -0.4 is 10.6 Å². The summed E-state index contributed by atoms with van der Waals surface area (Å²) < 4.78 is 0. The maximum Gasteiger partial charge on any atom is 0.126 e. The first-order valence-electron chi connectivity index (χ1n) is 11.9. The van der Waals surface area contributed by atoms with Gasteiger partial charge in [0.25, 0.3) is 0 Å². The Bertz CT molecular complexity index is 1220. The summed E-state index contributed by atoms with van der Waals surface area (Å²) >= 11 is 0. The highest BCUT2D eigenvalue weighted by molar-refractivity contribution is 5.47. The molecular formula is C31H28N4. The standard InChI is InChI=1S/C31H28N4/c1-4-10-24(11-5-1)20-32-29-18-16-27(22-34-29)31(26-14-8-3-9-15-26)28-17-19-30(35-23-28)33-21-25-12-6-2-7-13-25/h1-19,22-23,31H,20-21H2,(H,32,34)(H,33,35). The molecule has 2 N–H and O–H groups in total. The first kappa shape index (κ1) is 22.4. The molecule has 0 saturated carbocycles. The Labute approximate surface area is 206 Å². The van der Waals surface area contributed by atoms with Crippen molar-refractivity contribution in [2.45, 2.75) is 19.0 Å². The van der Waals surface area contributed by atoms with E-state index in [4.69, 9.17) is 9.97 Å². The van der Waals surface area contributed by atoms with Gasteiger partial charge in [-0.1, -0.05) is 103 Å². The molecule has 0 bridgehead atoms. The van der Waals surface area contributed by atoms with E-state index in [2.05, 4.69) is 108 Å². The fourth-order valence-corrected chi connectivity index (χ4v) is 4.16. The molecule has 5 rings (SSSR count). The molecule has 35 heavy (non-hydrogen) atoms. The summed E-state index contributed by atoms with van der Waals surface area (Å²) in [6.45, 7) is 1.49. The lowest BCUT2D eigenvalue weighted by atomic mass is 9.87. The van der Waals surface area contributed by atoms with Gasteiger partial charge < -0.3 is 10.6 Å². The van der Waals surface area contributed by atoms with Crippen LogP contribution in [-0.4, -0.2) is 9.97 Å². The van der Waals surface area contributed by atoms with Gasteiger partial charge in [0, 0.05) is 31.4 Å². The monoisotopic (exact) mass is 456 g/mol. The molecule has 3 aromatic carbocycles. The summed E-state index contributed by atoms with van der Waals surface area (Å²) in [5.41, 5.74) is 5.94. The number of benzene rings is 3. The molecule has 0 radical (unpaired) electrons. The van der Waals surface area contributed by atoms with E-state index in [1.54, 1.807) is 0 Å². The number of aromatic nitrogens is 2. The fourth-order valence-electron chi connectivity index (χ4n) is 4.16. The highest BCUT2D eigenvalue weighted by Gasteiger charge is 2.17. The maximum absolute atomic E-state index is 4.70. The van der Waals surface area contributed by atoms with Crippen molar-refractivity contribution in [1.82, 2.24) is 9.97 Å². The highest BCUT2D eigenvalue weighted by Crippen LogP contribution is 2.32. The van der Waals surface area contributed by atoms with Crippen molar-refractivity contribution in [3.05, 3.63) is 155 Å². The zero-order valence-electron chi connectivity index (χ0n) is 19.5. The predicted octanol–water partition coefficient (Wildman–Crippen LogP) is 6.88. The van der Waals surface area contributed by atoms with Gasteiger partial charge in [0.15, 0.2) is 0 Å². The second-order valence-electron chi connectivity index (χ2n) is 8.48. The zero-order chi connectivity index (χ0) is 23.7. The van der Waals surface area contributed by atoms with Gasteiger partial charge in [0.2, 0.25) is 0 Å². The third-order valence-corrected chi connectivity index (χ3v) is 6.01. The predicted molar refractivity (Wildman–Crippen MR) is 143 cm³/mol. The van der Waals surface area contributed by atoms with Gasteiger partial charge in [0.05, 0.1) is 0 Å². The molecule has 0 atom stereocenters. The maximum atomic E-state index is 4.70. The van der Waals surface area contributed by atoms with Crippen LogP contribution in [0.1, 0.15) is 33.7 Å². The van der Waals surface area contributed by atoms with Crippen LogP contribution in [0.4, 0.5) is 11.6 Å². The van der Waals surface area contributed by atoms with E-state index in [1.807, 2.05) is 30.6 Å². The normalized spacial score (nSPS) is 10.8. The Morgan fingerprint density at radius 1 is 0.457 bits per heavy atom. The molecule has 172 valence electrons. The second-order valence-corrected chi connectivity index (χ2v) is 8.48. The van der Waals surface area contributed by atoms with Crippen LogP contribution in [0.15, 0.2) is 128 Å². The molecule has 4 nitrogen and oxygen atoms in total. The van der Waals surface area contributed by atoms with Gasteiger partial charge in [-0.25, -0.2) is 9.97 Å². The minimum atomic E-state index is 0.0579. The van der Waals surface area contributed by atoms with Crippen molar-refractivity contribution < 1.29 is 0 Å². The van der Waals surface area contributed by atoms with Crippen LogP contribution in [0.25, 0.3) is 0 Å². The number of rotatable bonds is 9. The van der Waals surface area contributed by atoms with Gasteiger partial charge in [0.1, 0.15) is 11.6 Å². The van der Waals surface area contributed by atoms with Crippen molar-refractivity contribution in [3.63, 3.8) is 0 Å². The summed E-state index contributed by atoms with van der Waals surface area (Å²) in [7, 11) is 0. The smallest absolute Gasteiger partial charge is 0.126 e. The van der Waals surface area contributed by atoms with Crippen LogP contribution in [0.2, 0.25) is 0 Å². The number of anilines is 2. The summed E-state index contributed by atoms with van der Waals surface area (Å²) in [6.07, 6.45) is 3.93. The molecule has 2 aromatic heterocycles. The lowest BCUT2D eigenvalue weighted by Gasteiger charge is -2.19. The summed E-state index contributed by atoms with van der Waals surface area (Å²) in [6, 6.07) is 39.6. The van der Waals surface area contributed by atoms with Gasteiger partial charge in [-0.05, 0) is 39.9 Å². The van der Waals surface area contributed by atoms with Crippen molar-refractivity contribution >= 4 is 11.6 Å². The third-order valence-electron chi connectivity index (χ3n) is 6.01. The molecule has 0 saturated heterocycles. The van der Waals surface area contributed by atoms with Crippen LogP contribution in [0.3, 0.4) is 0 Å². The topological polar surface area (TPSA) is 49.8 Å².